The van der Waals surface area contributed by atoms with Crippen molar-refractivity contribution in [3.05, 3.63) is 77.3 Å². The number of anilines is 1. The monoisotopic (exact) mass is 454 g/mol. The summed E-state index contributed by atoms with van der Waals surface area (Å²) in [5.74, 6) is 1.11. The molecule has 4 rings (SSSR count). The second kappa shape index (κ2) is 9.96. The van der Waals surface area contributed by atoms with Crippen molar-refractivity contribution >= 4 is 23.3 Å². The summed E-state index contributed by atoms with van der Waals surface area (Å²) >= 11 is 5.82. The minimum atomic E-state index is -0.507. The summed E-state index contributed by atoms with van der Waals surface area (Å²) in [4.78, 5) is 25.3. The van der Waals surface area contributed by atoms with Crippen molar-refractivity contribution in [1.82, 2.24) is 14.9 Å². The molecule has 0 saturated carbocycles. The van der Waals surface area contributed by atoms with E-state index in [2.05, 4.69) is 14.9 Å². The molecule has 166 valence electrons. The molecule has 0 N–H and O–H groups in total. The van der Waals surface area contributed by atoms with Crippen molar-refractivity contribution < 1.29 is 13.9 Å². The second-order valence-electron chi connectivity index (χ2n) is 7.76. The first-order valence-electron chi connectivity index (χ1n) is 10.5. The molecular weight excluding hydrogens is 431 g/mol. The standard InChI is InChI=1S/C24H24ClFN4O2/c1-17-15-29(11-12-30(17)24(31)10-7-18-5-3-2-4-6-18)22-14-23(28-16-27-22)32-19-8-9-21(26)20(25)13-19/h2-6,8-9,13-14,16-17H,7,10-12,15H2,1H3. The number of ether oxygens (including phenoxy) is 1. The highest BCUT2D eigenvalue weighted by molar-refractivity contribution is 6.30. The van der Waals surface area contributed by atoms with Gasteiger partial charge in [0.1, 0.15) is 23.7 Å². The van der Waals surface area contributed by atoms with E-state index in [1.54, 1.807) is 6.07 Å². The van der Waals surface area contributed by atoms with E-state index in [4.69, 9.17) is 16.3 Å². The SMILES string of the molecule is CC1CN(c2cc(Oc3ccc(F)c(Cl)c3)ncn2)CCN1C(=O)CCc1ccccc1. The first-order chi connectivity index (χ1) is 15.5. The Kier molecular flexibility index (Phi) is 6.85. The summed E-state index contributed by atoms with van der Waals surface area (Å²) in [6, 6.07) is 16.0. The number of piperazine rings is 1. The number of aryl methyl sites for hydroxylation is 1. The Labute approximate surface area is 191 Å². The Morgan fingerprint density at radius 2 is 1.97 bits per heavy atom. The van der Waals surface area contributed by atoms with E-state index in [0.29, 0.717) is 43.5 Å². The molecule has 0 bridgehead atoms. The molecule has 0 spiro atoms. The molecule has 1 atom stereocenters. The highest BCUT2D eigenvalue weighted by Crippen LogP contribution is 2.27. The molecule has 1 amide bonds. The molecule has 1 aliphatic heterocycles. The zero-order valence-corrected chi connectivity index (χ0v) is 18.5. The molecule has 0 radical (unpaired) electrons. The number of amides is 1. The van der Waals surface area contributed by atoms with Gasteiger partial charge >= 0.3 is 0 Å². The fraction of sp³-hybridized carbons (Fsp3) is 0.292. The van der Waals surface area contributed by atoms with Gasteiger partial charge in [0, 0.05) is 44.2 Å². The first kappa shape index (κ1) is 22.0. The van der Waals surface area contributed by atoms with Crippen LogP contribution in [0.4, 0.5) is 10.2 Å². The van der Waals surface area contributed by atoms with Crippen LogP contribution in [0.1, 0.15) is 18.9 Å². The number of benzene rings is 2. The summed E-state index contributed by atoms with van der Waals surface area (Å²) in [5, 5.41) is -0.0151. The number of rotatable bonds is 6. The lowest BCUT2D eigenvalue weighted by Crippen LogP contribution is -2.54. The normalized spacial score (nSPS) is 16.2. The summed E-state index contributed by atoms with van der Waals surface area (Å²) in [5.41, 5.74) is 1.17. The molecular formula is C24H24ClFN4O2. The summed E-state index contributed by atoms with van der Waals surface area (Å²) < 4.78 is 19.1. The molecule has 1 unspecified atom stereocenters. The predicted molar refractivity (Wildman–Crippen MR) is 122 cm³/mol. The topological polar surface area (TPSA) is 58.6 Å². The van der Waals surface area contributed by atoms with Gasteiger partial charge < -0.3 is 14.5 Å². The fourth-order valence-corrected chi connectivity index (χ4v) is 3.97. The third-order valence-corrected chi connectivity index (χ3v) is 5.77. The lowest BCUT2D eigenvalue weighted by atomic mass is 10.1. The van der Waals surface area contributed by atoms with Gasteiger partial charge in [0.2, 0.25) is 11.8 Å². The number of aromatic nitrogens is 2. The molecule has 3 aromatic rings. The predicted octanol–water partition coefficient (Wildman–Crippen LogP) is 4.73. The third-order valence-electron chi connectivity index (χ3n) is 5.48. The zero-order chi connectivity index (χ0) is 22.5. The molecule has 2 aromatic carbocycles. The van der Waals surface area contributed by atoms with Crippen LogP contribution in [-0.4, -0.2) is 46.5 Å². The lowest BCUT2D eigenvalue weighted by molar-refractivity contribution is -0.133. The summed E-state index contributed by atoms with van der Waals surface area (Å²) in [6.07, 6.45) is 2.67. The van der Waals surface area contributed by atoms with Gasteiger partial charge in [-0.3, -0.25) is 4.79 Å². The minimum absolute atomic E-state index is 0.0151. The average Bonchev–Trinajstić information content (AvgIpc) is 2.81. The van der Waals surface area contributed by atoms with Crippen molar-refractivity contribution in [3.63, 3.8) is 0 Å². The van der Waals surface area contributed by atoms with Crippen molar-refractivity contribution in [2.45, 2.75) is 25.8 Å². The maximum absolute atomic E-state index is 13.4. The molecule has 6 nitrogen and oxygen atoms in total. The molecule has 1 aromatic heterocycles. The maximum Gasteiger partial charge on any atom is 0.224 e. The van der Waals surface area contributed by atoms with Crippen molar-refractivity contribution in [2.75, 3.05) is 24.5 Å². The average molecular weight is 455 g/mol. The van der Waals surface area contributed by atoms with Crippen LogP contribution in [0.3, 0.4) is 0 Å². The first-order valence-corrected chi connectivity index (χ1v) is 10.9. The number of hydrogen-bond donors (Lipinski definition) is 0. The Morgan fingerprint density at radius 1 is 1.16 bits per heavy atom. The minimum Gasteiger partial charge on any atom is -0.439 e. The van der Waals surface area contributed by atoms with Crippen molar-refractivity contribution in [1.29, 1.82) is 0 Å². The third kappa shape index (κ3) is 5.34. The molecule has 1 fully saturated rings. The smallest absolute Gasteiger partial charge is 0.224 e. The van der Waals surface area contributed by atoms with E-state index in [-0.39, 0.29) is 17.0 Å². The molecule has 1 aliphatic rings. The van der Waals surface area contributed by atoms with E-state index in [9.17, 15) is 9.18 Å². The lowest BCUT2D eigenvalue weighted by Gasteiger charge is -2.40. The molecule has 2 heterocycles. The van der Waals surface area contributed by atoms with Gasteiger partial charge in [-0.05, 0) is 31.0 Å². The molecule has 0 aliphatic carbocycles. The molecule has 1 saturated heterocycles. The highest BCUT2D eigenvalue weighted by Gasteiger charge is 2.28. The van der Waals surface area contributed by atoms with Crippen molar-refractivity contribution in [2.24, 2.45) is 0 Å². The van der Waals surface area contributed by atoms with Gasteiger partial charge in [0.05, 0.1) is 5.02 Å². The van der Waals surface area contributed by atoms with Gasteiger partial charge in [-0.1, -0.05) is 41.9 Å². The highest BCUT2D eigenvalue weighted by atomic mass is 35.5. The van der Waals surface area contributed by atoms with Crippen LogP contribution < -0.4 is 9.64 Å². The van der Waals surface area contributed by atoms with Gasteiger partial charge in [-0.2, -0.15) is 0 Å². The molecule has 32 heavy (non-hydrogen) atoms. The zero-order valence-electron chi connectivity index (χ0n) is 17.7. The summed E-state index contributed by atoms with van der Waals surface area (Å²) in [7, 11) is 0. The van der Waals surface area contributed by atoms with Crippen LogP contribution >= 0.6 is 11.6 Å². The number of hydrogen-bond acceptors (Lipinski definition) is 5. The van der Waals surface area contributed by atoms with Crippen LogP contribution in [-0.2, 0) is 11.2 Å². The Morgan fingerprint density at radius 3 is 2.72 bits per heavy atom. The van der Waals surface area contributed by atoms with Crippen LogP contribution in [0.5, 0.6) is 11.6 Å². The van der Waals surface area contributed by atoms with Gasteiger partial charge in [0.25, 0.3) is 0 Å². The van der Waals surface area contributed by atoms with Gasteiger partial charge in [0.15, 0.2) is 0 Å². The van der Waals surface area contributed by atoms with E-state index < -0.39 is 5.82 Å². The Bertz CT molecular complexity index is 1080. The largest absolute Gasteiger partial charge is 0.439 e. The van der Waals surface area contributed by atoms with E-state index in [1.807, 2.05) is 42.2 Å². The second-order valence-corrected chi connectivity index (χ2v) is 8.17. The Hall–Kier alpha value is -3.19. The number of halogens is 2. The number of nitrogens with zero attached hydrogens (tertiary/aromatic N) is 4. The van der Waals surface area contributed by atoms with Crippen molar-refractivity contribution in [3.8, 4) is 11.6 Å². The number of carbonyl (C=O) groups is 1. The number of carbonyl (C=O) groups excluding carboxylic acids is 1. The Balaban J connectivity index is 1.36. The van der Waals surface area contributed by atoms with E-state index in [0.717, 1.165) is 6.42 Å². The van der Waals surface area contributed by atoms with Gasteiger partial charge in [-0.15, -0.1) is 0 Å². The summed E-state index contributed by atoms with van der Waals surface area (Å²) in [6.45, 7) is 4.00. The van der Waals surface area contributed by atoms with Crippen LogP contribution in [0.25, 0.3) is 0 Å². The van der Waals surface area contributed by atoms with Crippen LogP contribution in [0.2, 0.25) is 5.02 Å². The van der Waals surface area contributed by atoms with E-state index in [1.165, 1.54) is 30.1 Å². The fourth-order valence-electron chi connectivity index (χ4n) is 3.80. The van der Waals surface area contributed by atoms with Crippen LogP contribution in [0.15, 0.2) is 60.9 Å². The van der Waals surface area contributed by atoms with E-state index >= 15 is 0 Å². The quantitative estimate of drug-likeness (QED) is 0.539. The molecule has 8 heteroatoms. The maximum atomic E-state index is 13.4. The van der Waals surface area contributed by atoms with Crippen LogP contribution in [0, 0.1) is 5.82 Å². The van der Waals surface area contributed by atoms with Gasteiger partial charge in [-0.25, -0.2) is 14.4 Å².